The molecule has 0 saturated heterocycles. The molecule has 3 nitrogen and oxygen atoms in total. The van der Waals surface area contributed by atoms with Crippen LogP contribution >= 0.6 is 11.6 Å². The van der Waals surface area contributed by atoms with Crippen molar-refractivity contribution in [2.45, 2.75) is 6.92 Å². The first kappa shape index (κ1) is 13.6. The molecule has 106 valence electrons. The van der Waals surface area contributed by atoms with Crippen molar-refractivity contribution in [3.8, 4) is 22.5 Å². The molecule has 1 aromatic heterocycles. The Hall–Kier alpha value is -2.33. The fourth-order valence-electron chi connectivity index (χ4n) is 2.13. The van der Waals surface area contributed by atoms with Crippen LogP contribution in [0, 0.1) is 12.7 Å². The molecule has 3 rings (SSSR count). The summed E-state index contributed by atoms with van der Waals surface area (Å²) in [6.45, 7) is 1.92. The summed E-state index contributed by atoms with van der Waals surface area (Å²) in [5, 5.41) is 4.44. The number of nitrogens with zero attached hydrogens (tertiary/aromatic N) is 1. The number of rotatable bonds is 2. The Morgan fingerprint density at radius 3 is 2.43 bits per heavy atom. The minimum absolute atomic E-state index is 0.258. The summed E-state index contributed by atoms with van der Waals surface area (Å²) in [6.07, 6.45) is 0. The molecule has 1 heterocycles. The number of hydrogen-bond acceptors (Lipinski definition) is 3. The Bertz CT molecular complexity index is 797. The van der Waals surface area contributed by atoms with Crippen molar-refractivity contribution in [1.82, 2.24) is 5.16 Å². The number of anilines is 1. The van der Waals surface area contributed by atoms with Gasteiger partial charge in [-0.15, -0.1) is 0 Å². The van der Waals surface area contributed by atoms with E-state index < -0.39 is 0 Å². The maximum atomic E-state index is 13.1. The molecule has 0 aliphatic rings. The van der Waals surface area contributed by atoms with Gasteiger partial charge < -0.3 is 10.3 Å². The van der Waals surface area contributed by atoms with Crippen LogP contribution in [-0.4, -0.2) is 5.16 Å². The molecule has 0 spiro atoms. The number of benzene rings is 2. The first-order valence-corrected chi connectivity index (χ1v) is 6.71. The van der Waals surface area contributed by atoms with Gasteiger partial charge in [0.2, 0.25) is 0 Å². The second-order valence-electron chi connectivity index (χ2n) is 4.74. The van der Waals surface area contributed by atoms with E-state index in [-0.39, 0.29) is 11.6 Å². The Labute approximate surface area is 126 Å². The molecule has 0 unspecified atom stereocenters. The largest absolute Gasteiger partial charge is 0.380 e. The molecule has 0 bridgehead atoms. The number of nitrogens with two attached hydrogens (primary N) is 1. The Morgan fingerprint density at radius 1 is 1.10 bits per heavy atom. The molecule has 21 heavy (non-hydrogen) atoms. The standard InChI is InChI=1S/C16H12ClFN2O/c1-9-2-3-11(8-13(9)17)15-14(16(19)20-21-15)10-4-6-12(18)7-5-10/h2-8H,1H3,(H2,19,20). The minimum atomic E-state index is -0.311. The molecule has 0 saturated carbocycles. The quantitative estimate of drug-likeness (QED) is 0.747. The molecule has 0 fully saturated rings. The predicted octanol–water partition coefficient (Wildman–Crippen LogP) is 4.69. The third-order valence-electron chi connectivity index (χ3n) is 3.29. The van der Waals surface area contributed by atoms with Crippen LogP contribution in [0.5, 0.6) is 0 Å². The van der Waals surface area contributed by atoms with Gasteiger partial charge in [0.05, 0.1) is 5.56 Å². The highest BCUT2D eigenvalue weighted by atomic mass is 35.5. The van der Waals surface area contributed by atoms with Gasteiger partial charge in [0.1, 0.15) is 5.82 Å². The highest BCUT2D eigenvalue weighted by Gasteiger charge is 2.18. The average molecular weight is 303 g/mol. The Morgan fingerprint density at radius 2 is 1.76 bits per heavy atom. The van der Waals surface area contributed by atoms with Gasteiger partial charge in [0.15, 0.2) is 11.6 Å². The molecule has 0 radical (unpaired) electrons. The van der Waals surface area contributed by atoms with Crippen molar-refractivity contribution < 1.29 is 8.91 Å². The van der Waals surface area contributed by atoms with Crippen LogP contribution < -0.4 is 5.73 Å². The minimum Gasteiger partial charge on any atom is -0.380 e. The van der Waals surface area contributed by atoms with E-state index in [0.29, 0.717) is 16.3 Å². The zero-order chi connectivity index (χ0) is 15.0. The van der Waals surface area contributed by atoms with Crippen LogP contribution in [0.15, 0.2) is 47.0 Å². The molecule has 0 amide bonds. The van der Waals surface area contributed by atoms with Crippen molar-refractivity contribution in [3.63, 3.8) is 0 Å². The lowest BCUT2D eigenvalue weighted by Crippen LogP contribution is -1.89. The summed E-state index contributed by atoms with van der Waals surface area (Å²) in [5.74, 6) is 0.461. The van der Waals surface area contributed by atoms with Crippen LogP contribution in [0.4, 0.5) is 10.2 Å². The normalized spacial score (nSPS) is 10.8. The van der Waals surface area contributed by atoms with Gasteiger partial charge in [0.25, 0.3) is 0 Å². The summed E-state index contributed by atoms with van der Waals surface area (Å²) < 4.78 is 18.4. The van der Waals surface area contributed by atoms with Gasteiger partial charge in [0, 0.05) is 10.6 Å². The Balaban J connectivity index is 2.16. The third-order valence-corrected chi connectivity index (χ3v) is 3.69. The lowest BCUT2D eigenvalue weighted by atomic mass is 10.0. The molecule has 0 aliphatic carbocycles. The highest BCUT2D eigenvalue weighted by Crippen LogP contribution is 2.37. The van der Waals surface area contributed by atoms with Crippen molar-refractivity contribution in [1.29, 1.82) is 0 Å². The van der Waals surface area contributed by atoms with E-state index in [1.54, 1.807) is 18.2 Å². The predicted molar refractivity (Wildman–Crippen MR) is 81.5 cm³/mol. The molecule has 3 aromatic rings. The lowest BCUT2D eigenvalue weighted by molar-refractivity contribution is 0.436. The van der Waals surface area contributed by atoms with E-state index in [1.807, 2.05) is 19.1 Å². The molecule has 2 N–H and O–H groups in total. The molecular weight excluding hydrogens is 291 g/mol. The van der Waals surface area contributed by atoms with Gasteiger partial charge in [-0.1, -0.05) is 41.0 Å². The maximum Gasteiger partial charge on any atom is 0.176 e. The topological polar surface area (TPSA) is 52.0 Å². The molecule has 2 aromatic carbocycles. The molecular formula is C16H12ClFN2O. The van der Waals surface area contributed by atoms with Crippen LogP contribution in [0.2, 0.25) is 5.02 Å². The maximum absolute atomic E-state index is 13.1. The van der Waals surface area contributed by atoms with Gasteiger partial charge >= 0.3 is 0 Å². The van der Waals surface area contributed by atoms with E-state index in [9.17, 15) is 4.39 Å². The van der Waals surface area contributed by atoms with E-state index >= 15 is 0 Å². The summed E-state index contributed by atoms with van der Waals surface area (Å²) in [4.78, 5) is 0. The van der Waals surface area contributed by atoms with Gasteiger partial charge in [-0.25, -0.2) is 4.39 Å². The number of hydrogen-bond donors (Lipinski definition) is 1. The number of aryl methyl sites for hydroxylation is 1. The van der Waals surface area contributed by atoms with Gasteiger partial charge in [-0.2, -0.15) is 0 Å². The third kappa shape index (κ3) is 2.50. The molecule has 5 heteroatoms. The Kier molecular flexibility index (Phi) is 3.39. The fourth-order valence-corrected chi connectivity index (χ4v) is 2.31. The van der Waals surface area contributed by atoms with Crippen LogP contribution in [0.1, 0.15) is 5.56 Å². The monoisotopic (exact) mass is 302 g/mol. The average Bonchev–Trinajstić information content (AvgIpc) is 2.85. The van der Waals surface area contributed by atoms with Crippen LogP contribution in [-0.2, 0) is 0 Å². The zero-order valence-corrected chi connectivity index (χ0v) is 12.0. The van der Waals surface area contributed by atoms with Crippen molar-refractivity contribution in [2.75, 3.05) is 5.73 Å². The summed E-state index contributed by atoms with van der Waals surface area (Å²) >= 11 is 6.15. The lowest BCUT2D eigenvalue weighted by Gasteiger charge is -2.04. The van der Waals surface area contributed by atoms with Gasteiger partial charge in [-0.05, 0) is 36.2 Å². The number of aromatic nitrogens is 1. The first-order chi connectivity index (χ1) is 10.1. The van der Waals surface area contributed by atoms with Gasteiger partial charge in [-0.3, -0.25) is 0 Å². The second-order valence-corrected chi connectivity index (χ2v) is 5.15. The summed E-state index contributed by atoms with van der Waals surface area (Å²) in [5.41, 5.74) is 9.00. The number of halogens is 2. The van der Waals surface area contributed by atoms with E-state index in [4.69, 9.17) is 21.9 Å². The van der Waals surface area contributed by atoms with Crippen molar-refractivity contribution in [2.24, 2.45) is 0 Å². The van der Waals surface area contributed by atoms with Crippen molar-refractivity contribution in [3.05, 3.63) is 58.9 Å². The summed E-state index contributed by atoms with van der Waals surface area (Å²) in [7, 11) is 0. The SMILES string of the molecule is Cc1ccc(-c2onc(N)c2-c2ccc(F)cc2)cc1Cl. The fraction of sp³-hybridized carbons (Fsp3) is 0.0625. The highest BCUT2D eigenvalue weighted by molar-refractivity contribution is 6.31. The molecule has 0 atom stereocenters. The smallest absolute Gasteiger partial charge is 0.176 e. The zero-order valence-electron chi connectivity index (χ0n) is 11.2. The van der Waals surface area contributed by atoms with E-state index in [0.717, 1.165) is 16.7 Å². The van der Waals surface area contributed by atoms with Crippen molar-refractivity contribution >= 4 is 17.4 Å². The number of nitrogen functional groups attached to an aromatic ring is 1. The van der Waals surface area contributed by atoms with E-state index in [1.165, 1.54) is 12.1 Å². The van der Waals surface area contributed by atoms with Crippen LogP contribution in [0.25, 0.3) is 22.5 Å². The summed E-state index contributed by atoms with van der Waals surface area (Å²) in [6, 6.07) is 11.6. The first-order valence-electron chi connectivity index (χ1n) is 6.34. The van der Waals surface area contributed by atoms with E-state index in [2.05, 4.69) is 5.16 Å². The molecule has 0 aliphatic heterocycles. The van der Waals surface area contributed by atoms with Crippen LogP contribution in [0.3, 0.4) is 0 Å². The second kappa shape index (κ2) is 5.22.